The lowest BCUT2D eigenvalue weighted by molar-refractivity contribution is -0.192. The predicted molar refractivity (Wildman–Crippen MR) is 57.8 cm³/mol. The zero-order chi connectivity index (χ0) is 14.2. The van der Waals surface area contributed by atoms with Crippen molar-refractivity contribution in [3.63, 3.8) is 0 Å². The average Bonchev–Trinajstić information content (AvgIpc) is 2.30. The molecule has 0 bridgehead atoms. The first-order valence-electron chi connectivity index (χ1n) is 5.57. The van der Waals surface area contributed by atoms with Crippen LogP contribution >= 0.6 is 0 Å². The summed E-state index contributed by atoms with van der Waals surface area (Å²) in [6, 6.07) is 0. The number of hydrogen-bond donors (Lipinski definition) is 2. The van der Waals surface area contributed by atoms with Gasteiger partial charge in [-0.25, -0.2) is 4.79 Å². The van der Waals surface area contributed by atoms with Crippen LogP contribution in [-0.2, 0) is 9.59 Å². The van der Waals surface area contributed by atoms with Gasteiger partial charge in [0, 0.05) is 26.1 Å². The van der Waals surface area contributed by atoms with Crippen LogP contribution in [0, 0.1) is 0 Å². The van der Waals surface area contributed by atoms with Gasteiger partial charge in [0.1, 0.15) is 0 Å². The van der Waals surface area contributed by atoms with Crippen LogP contribution in [0.15, 0.2) is 0 Å². The van der Waals surface area contributed by atoms with Gasteiger partial charge in [-0.1, -0.05) is 0 Å². The second kappa shape index (κ2) is 7.91. The zero-order valence-corrected chi connectivity index (χ0v) is 9.87. The minimum atomic E-state index is -5.08. The first-order chi connectivity index (χ1) is 8.29. The second-order valence-electron chi connectivity index (χ2n) is 3.78. The highest BCUT2D eigenvalue weighted by atomic mass is 19.4. The van der Waals surface area contributed by atoms with Crippen molar-refractivity contribution < 1.29 is 27.9 Å². The van der Waals surface area contributed by atoms with Crippen LogP contribution in [0.1, 0.15) is 25.7 Å². The van der Waals surface area contributed by atoms with Crippen LogP contribution in [0.3, 0.4) is 0 Å². The van der Waals surface area contributed by atoms with Gasteiger partial charge in [0.2, 0.25) is 5.91 Å². The fourth-order valence-electron chi connectivity index (χ4n) is 1.42. The van der Waals surface area contributed by atoms with Gasteiger partial charge >= 0.3 is 12.1 Å². The molecular weight excluding hydrogens is 253 g/mol. The lowest BCUT2D eigenvalue weighted by Gasteiger charge is -2.26. The summed E-state index contributed by atoms with van der Waals surface area (Å²) in [6.45, 7) is 2.37. The van der Waals surface area contributed by atoms with Crippen LogP contribution in [0.2, 0.25) is 0 Å². The number of nitrogens with two attached hydrogens (primary N) is 1. The summed E-state index contributed by atoms with van der Waals surface area (Å²) in [4.78, 5) is 22.1. The molecule has 1 aliphatic heterocycles. The van der Waals surface area contributed by atoms with Gasteiger partial charge < -0.3 is 15.7 Å². The third kappa shape index (κ3) is 7.10. The molecule has 0 aromatic carbocycles. The summed E-state index contributed by atoms with van der Waals surface area (Å²) in [6.07, 6.45) is -0.973. The summed E-state index contributed by atoms with van der Waals surface area (Å²) in [7, 11) is 0. The quantitative estimate of drug-likeness (QED) is 0.783. The highest BCUT2D eigenvalue weighted by Crippen LogP contribution is 2.13. The molecule has 0 radical (unpaired) electrons. The molecule has 0 unspecified atom stereocenters. The maximum atomic E-state index is 11.2. The van der Waals surface area contributed by atoms with Crippen LogP contribution in [0.4, 0.5) is 13.2 Å². The molecule has 1 amide bonds. The van der Waals surface area contributed by atoms with E-state index in [1.807, 2.05) is 4.90 Å². The van der Waals surface area contributed by atoms with E-state index in [0.29, 0.717) is 13.0 Å². The number of hydrogen-bond acceptors (Lipinski definition) is 3. The molecular formula is C10H17F3N2O3. The normalized spacial score (nSPS) is 15.7. The SMILES string of the molecule is NCCC(=O)N1CCCCC1.O=C(O)C(F)(F)F. The van der Waals surface area contributed by atoms with Crippen molar-refractivity contribution in [3.05, 3.63) is 0 Å². The first-order valence-corrected chi connectivity index (χ1v) is 5.57. The number of carbonyl (C=O) groups excluding carboxylic acids is 1. The van der Waals surface area contributed by atoms with E-state index in [4.69, 9.17) is 15.6 Å². The van der Waals surface area contributed by atoms with Crippen LogP contribution in [0.25, 0.3) is 0 Å². The Morgan fingerprint density at radius 1 is 1.17 bits per heavy atom. The highest BCUT2D eigenvalue weighted by Gasteiger charge is 2.38. The molecule has 1 aliphatic rings. The molecule has 0 saturated carbocycles. The lowest BCUT2D eigenvalue weighted by Crippen LogP contribution is -2.36. The van der Waals surface area contributed by atoms with Gasteiger partial charge in [-0.05, 0) is 19.3 Å². The molecule has 3 N–H and O–H groups in total. The van der Waals surface area contributed by atoms with Crippen molar-refractivity contribution in [3.8, 4) is 0 Å². The minimum absolute atomic E-state index is 0.229. The molecule has 0 aromatic heterocycles. The standard InChI is InChI=1S/C8H16N2O.C2HF3O2/c9-5-4-8(11)10-6-2-1-3-7-10;3-2(4,5)1(6)7/h1-7,9H2;(H,6,7). The maximum absolute atomic E-state index is 11.2. The zero-order valence-electron chi connectivity index (χ0n) is 9.87. The molecule has 1 rings (SSSR count). The van der Waals surface area contributed by atoms with Gasteiger partial charge in [-0.2, -0.15) is 13.2 Å². The van der Waals surface area contributed by atoms with Crippen molar-refractivity contribution in [2.24, 2.45) is 5.73 Å². The summed E-state index contributed by atoms with van der Waals surface area (Å²) < 4.78 is 31.7. The van der Waals surface area contributed by atoms with Crippen LogP contribution < -0.4 is 5.73 Å². The van der Waals surface area contributed by atoms with E-state index < -0.39 is 12.1 Å². The van der Waals surface area contributed by atoms with Crippen molar-refractivity contribution in [1.29, 1.82) is 0 Å². The summed E-state index contributed by atoms with van der Waals surface area (Å²) in [5.41, 5.74) is 5.29. The number of rotatable bonds is 2. The van der Waals surface area contributed by atoms with E-state index in [1.54, 1.807) is 0 Å². The Labute approximate surface area is 103 Å². The van der Waals surface area contributed by atoms with Crippen molar-refractivity contribution in [2.75, 3.05) is 19.6 Å². The molecule has 8 heteroatoms. The Bertz CT molecular complexity index is 276. The Kier molecular flexibility index (Phi) is 7.33. The van der Waals surface area contributed by atoms with Gasteiger partial charge in [0.25, 0.3) is 0 Å². The highest BCUT2D eigenvalue weighted by molar-refractivity contribution is 5.76. The molecule has 0 spiro atoms. The third-order valence-corrected chi connectivity index (χ3v) is 2.31. The second-order valence-corrected chi connectivity index (χ2v) is 3.78. The van der Waals surface area contributed by atoms with Crippen molar-refractivity contribution >= 4 is 11.9 Å². The number of nitrogens with zero attached hydrogens (tertiary/aromatic N) is 1. The summed E-state index contributed by atoms with van der Waals surface area (Å²) in [5.74, 6) is -2.53. The smallest absolute Gasteiger partial charge is 0.475 e. The number of amides is 1. The van der Waals surface area contributed by atoms with Gasteiger partial charge in [0.15, 0.2) is 0 Å². The summed E-state index contributed by atoms with van der Waals surface area (Å²) >= 11 is 0. The van der Waals surface area contributed by atoms with Crippen LogP contribution in [-0.4, -0.2) is 47.7 Å². The number of aliphatic carboxylic acids is 1. The van der Waals surface area contributed by atoms with E-state index in [1.165, 1.54) is 6.42 Å². The maximum Gasteiger partial charge on any atom is 0.490 e. The molecule has 0 aliphatic carbocycles. The predicted octanol–water partition coefficient (Wildman–Crippen LogP) is 0.981. The number of carboxylic acid groups (broad SMARTS) is 1. The third-order valence-electron chi connectivity index (χ3n) is 2.31. The van der Waals surface area contributed by atoms with E-state index in [9.17, 15) is 18.0 Å². The Hall–Kier alpha value is -1.31. The van der Waals surface area contributed by atoms with Gasteiger partial charge in [-0.15, -0.1) is 0 Å². The Morgan fingerprint density at radius 2 is 1.61 bits per heavy atom. The summed E-state index contributed by atoms with van der Waals surface area (Å²) in [5, 5.41) is 7.12. The van der Waals surface area contributed by atoms with Gasteiger partial charge in [0.05, 0.1) is 0 Å². The minimum Gasteiger partial charge on any atom is -0.475 e. The van der Waals surface area contributed by atoms with E-state index in [0.717, 1.165) is 25.9 Å². The molecule has 0 atom stereocenters. The molecule has 1 saturated heterocycles. The van der Waals surface area contributed by atoms with Gasteiger partial charge in [-0.3, -0.25) is 4.79 Å². The fraction of sp³-hybridized carbons (Fsp3) is 0.800. The lowest BCUT2D eigenvalue weighted by atomic mass is 10.1. The number of carbonyl (C=O) groups is 2. The molecule has 1 heterocycles. The van der Waals surface area contributed by atoms with Crippen LogP contribution in [0.5, 0.6) is 0 Å². The molecule has 0 aromatic rings. The average molecular weight is 270 g/mol. The topological polar surface area (TPSA) is 83.6 Å². The molecule has 18 heavy (non-hydrogen) atoms. The Morgan fingerprint density at radius 3 is 1.94 bits per heavy atom. The largest absolute Gasteiger partial charge is 0.490 e. The van der Waals surface area contributed by atoms with E-state index >= 15 is 0 Å². The van der Waals surface area contributed by atoms with E-state index in [2.05, 4.69) is 0 Å². The van der Waals surface area contributed by atoms with Crippen molar-refractivity contribution in [1.82, 2.24) is 4.90 Å². The number of likely N-dealkylation sites (tertiary alicyclic amines) is 1. The fourth-order valence-corrected chi connectivity index (χ4v) is 1.42. The molecule has 106 valence electrons. The van der Waals surface area contributed by atoms with E-state index in [-0.39, 0.29) is 5.91 Å². The Balaban J connectivity index is 0.000000360. The first kappa shape index (κ1) is 16.7. The molecule has 1 fully saturated rings. The monoisotopic (exact) mass is 270 g/mol. The number of carboxylic acids is 1. The molecule has 5 nitrogen and oxygen atoms in total. The number of halogens is 3. The number of piperidine rings is 1. The number of alkyl halides is 3. The van der Waals surface area contributed by atoms with Crippen molar-refractivity contribution in [2.45, 2.75) is 31.9 Å².